The Morgan fingerprint density at radius 3 is 3.00 bits per heavy atom. The highest BCUT2D eigenvalue weighted by Gasteiger charge is 2.28. The van der Waals surface area contributed by atoms with Gasteiger partial charge in [0, 0.05) is 24.2 Å². The first-order valence-electron chi connectivity index (χ1n) is 6.96. The van der Waals surface area contributed by atoms with E-state index >= 15 is 0 Å². The maximum Gasteiger partial charge on any atom is 0.257 e. The summed E-state index contributed by atoms with van der Waals surface area (Å²) >= 11 is 6.02. The van der Waals surface area contributed by atoms with E-state index in [2.05, 4.69) is 5.32 Å². The van der Waals surface area contributed by atoms with Crippen molar-refractivity contribution in [3.8, 4) is 5.75 Å². The number of benzene rings is 1. The van der Waals surface area contributed by atoms with Crippen molar-refractivity contribution >= 4 is 17.5 Å². The molecule has 4 nitrogen and oxygen atoms in total. The quantitative estimate of drug-likeness (QED) is 0.928. The predicted molar refractivity (Wildman–Crippen MR) is 80.6 cm³/mol. The highest BCUT2D eigenvalue weighted by atomic mass is 35.5. The first kappa shape index (κ1) is 15.1. The molecule has 20 heavy (non-hydrogen) atoms. The number of halogens is 1. The molecule has 1 aliphatic heterocycles. The number of nitrogens with one attached hydrogen (secondary N) is 1. The number of rotatable bonds is 4. The average molecular weight is 297 g/mol. The monoisotopic (exact) mass is 296 g/mol. The molecule has 1 fully saturated rings. The van der Waals surface area contributed by atoms with Crippen molar-refractivity contribution in [3.63, 3.8) is 0 Å². The zero-order valence-electron chi connectivity index (χ0n) is 12.0. The zero-order valence-corrected chi connectivity index (χ0v) is 12.7. The van der Waals surface area contributed by atoms with E-state index in [0.717, 1.165) is 25.9 Å². The fourth-order valence-electron chi connectivity index (χ4n) is 2.72. The zero-order chi connectivity index (χ0) is 14.5. The third-order valence-electron chi connectivity index (χ3n) is 3.72. The molecular weight excluding hydrogens is 276 g/mol. The number of likely N-dealkylation sites (N-methyl/N-ethyl adjacent to an activating group) is 1. The summed E-state index contributed by atoms with van der Waals surface area (Å²) in [6, 6.07) is 5.41. The Morgan fingerprint density at radius 1 is 1.50 bits per heavy atom. The molecule has 1 aromatic rings. The fraction of sp³-hybridized carbons (Fsp3) is 0.533. The summed E-state index contributed by atoms with van der Waals surface area (Å²) in [7, 11) is 3.48. The van der Waals surface area contributed by atoms with Gasteiger partial charge in [-0.2, -0.15) is 0 Å². The molecule has 1 saturated heterocycles. The number of ether oxygens (including phenoxy) is 1. The molecular formula is C15H21ClN2O2. The van der Waals surface area contributed by atoms with Crippen molar-refractivity contribution < 1.29 is 9.53 Å². The highest BCUT2D eigenvalue weighted by Crippen LogP contribution is 2.27. The summed E-state index contributed by atoms with van der Waals surface area (Å²) in [5.41, 5.74) is 0.544. The van der Waals surface area contributed by atoms with Gasteiger partial charge in [-0.05, 0) is 44.5 Å². The van der Waals surface area contributed by atoms with Crippen LogP contribution in [-0.2, 0) is 0 Å². The molecule has 2 rings (SSSR count). The lowest BCUT2D eigenvalue weighted by atomic mass is 10.0. The van der Waals surface area contributed by atoms with E-state index in [4.69, 9.17) is 16.3 Å². The number of amides is 1. The van der Waals surface area contributed by atoms with Crippen LogP contribution in [0.5, 0.6) is 5.75 Å². The SMILES string of the molecule is CNCC1CCCCN1C(=O)c1cc(Cl)ccc1OC. The van der Waals surface area contributed by atoms with Gasteiger partial charge in [-0.1, -0.05) is 11.6 Å². The first-order chi connectivity index (χ1) is 9.67. The van der Waals surface area contributed by atoms with Crippen LogP contribution in [0.3, 0.4) is 0 Å². The molecule has 1 aliphatic rings. The largest absolute Gasteiger partial charge is 0.496 e. The molecule has 1 unspecified atom stereocenters. The molecule has 1 aromatic carbocycles. The summed E-state index contributed by atoms with van der Waals surface area (Å²) in [5, 5.41) is 3.71. The van der Waals surface area contributed by atoms with Gasteiger partial charge < -0.3 is 15.0 Å². The second kappa shape index (κ2) is 6.95. The van der Waals surface area contributed by atoms with Gasteiger partial charge in [-0.25, -0.2) is 0 Å². The molecule has 0 saturated carbocycles. The van der Waals surface area contributed by atoms with Crippen molar-refractivity contribution in [3.05, 3.63) is 28.8 Å². The standard InChI is InChI=1S/C15H21ClN2O2/c1-17-10-12-5-3-4-8-18(12)15(19)13-9-11(16)6-7-14(13)20-2/h6-7,9,12,17H,3-5,8,10H2,1-2H3. The number of methoxy groups -OCH3 is 1. The summed E-state index contributed by atoms with van der Waals surface area (Å²) in [6.07, 6.45) is 3.26. The Balaban J connectivity index is 2.26. The Hall–Kier alpha value is -1.26. The van der Waals surface area contributed by atoms with E-state index in [1.807, 2.05) is 11.9 Å². The van der Waals surface area contributed by atoms with Crippen LogP contribution in [0.1, 0.15) is 29.6 Å². The molecule has 110 valence electrons. The Bertz CT molecular complexity index is 477. The highest BCUT2D eigenvalue weighted by molar-refractivity contribution is 6.31. The molecule has 0 radical (unpaired) electrons. The van der Waals surface area contributed by atoms with Gasteiger partial charge in [0.1, 0.15) is 5.75 Å². The van der Waals surface area contributed by atoms with E-state index in [0.29, 0.717) is 16.3 Å². The fourth-order valence-corrected chi connectivity index (χ4v) is 2.89. The lowest BCUT2D eigenvalue weighted by Crippen LogP contribution is -2.48. The Morgan fingerprint density at radius 2 is 2.30 bits per heavy atom. The summed E-state index contributed by atoms with van der Waals surface area (Å²) in [6.45, 7) is 1.61. The van der Waals surface area contributed by atoms with Crippen molar-refractivity contribution in [2.45, 2.75) is 25.3 Å². The van der Waals surface area contributed by atoms with Crippen LogP contribution in [0.4, 0.5) is 0 Å². The minimum atomic E-state index is 0.00398. The molecule has 0 aliphatic carbocycles. The van der Waals surface area contributed by atoms with Crippen LogP contribution in [0.15, 0.2) is 18.2 Å². The number of piperidine rings is 1. The normalized spacial score (nSPS) is 18.9. The number of carbonyl (C=O) groups excluding carboxylic acids is 1. The molecule has 1 amide bonds. The number of nitrogens with zero attached hydrogens (tertiary/aromatic N) is 1. The van der Waals surface area contributed by atoms with Gasteiger partial charge in [0.25, 0.3) is 5.91 Å². The van der Waals surface area contributed by atoms with Gasteiger partial charge >= 0.3 is 0 Å². The molecule has 0 spiro atoms. The van der Waals surface area contributed by atoms with E-state index in [1.54, 1.807) is 25.3 Å². The smallest absolute Gasteiger partial charge is 0.257 e. The van der Waals surface area contributed by atoms with Crippen LogP contribution in [0, 0.1) is 0 Å². The van der Waals surface area contributed by atoms with Crippen LogP contribution in [-0.4, -0.2) is 44.1 Å². The van der Waals surface area contributed by atoms with Crippen molar-refractivity contribution in [1.29, 1.82) is 0 Å². The number of hydrogen-bond donors (Lipinski definition) is 1. The van der Waals surface area contributed by atoms with Gasteiger partial charge in [0.15, 0.2) is 0 Å². The van der Waals surface area contributed by atoms with Crippen LogP contribution in [0.2, 0.25) is 5.02 Å². The van der Waals surface area contributed by atoms with Crippen molar-refractivity contribution in [2.24, 2.45) is 0 Å². The maximum absolute atomic E-state index is 12.8. The van der Waals surface area contributed by atoms with Crippen LogP contribution < -0.4 is 10.1 Å². The topological polar surface area (TPSA) is 41.6 Å². The third-order valence-corrected chi connectivity index (χ3v) is 3.95. The third kappa shape index (κ3) is 3.25. The maximum atomic E-state index is 12.8. The number of likely N-dealkylation sites (tertiary alicyclic amines) is 1. The minimum Gasteiger partial charge on any atom is -0.496 e. The molecule has 1 atom stereocenters. The van der Waals surface area contributed by atoms with Crippen LogP contribution >= 0.6 is 11.6 Å². The average Bonchev–Trinajstić information content (AvgIpc) is 2.47. The predicted octanol–water partition coefficient (Wildman–Crippen LogP) is 2.56. The first-order valence-corrected chi connectivity index (χ1v) is 7.34. The molecule has 1 heterocycles. The van der Waals surface area contributed by atoms with E-state index in [9.17, 15) is 4.79 Å². The van der Waals surface area contributed by atoms with Crippen molar-refractivity contribution in [1.82, 2.24) is 10.2 Å². The minimum absolute atomic E-state index is 0.00398. The van der Waals surface area contributed by atoms with Crippen molar-refractivity contribution in [2.75, 3.05) is 27.2 Å². The Kier molecular flexibility index (Phi) is 5.26. The lowest BCUT2D eigenvalue weighted by Gasteiger charge is -2.36. The number of hydrogen-bond acceptors (Lipinski definition) is 3. The second-order valence-corrected chi connectivity index (χ2v) is 5.49. The summed E-state index contributed by atoms with van der Waals surface area (Å²) in [5.74, 6) is 0.581. The number of carbonyl (C=O) groups is 1. The van der Waals surface area contributed by atoms with Crippen LogP contribution in [0.25, 0.3) is 0 Å². The lowest BCUT2D eigenvalue weighted by molar-refractivity contribution is 0.0611. The molecule has 5 heteroatoms. The Labute approximate surface area is 125 Å². The molecule has 0 bridgehead atoms. The van der Waals surface area contributed by atoms with E-state index in [-0.39, 0.29) is 11.9 Å². The summed E-state index contributed by atoms with van der Waals surface area (Å²) in [4.78, 5) is 14.7. The van der Waals surface area contributed by atoms with Gasteiger partial charge in [0.2, 0.25) is 0 Å². The van der Waals surface area contributed by atoms with Gasteiger partial charge in [-0.3, -0.25) is 4.79 Å². The van der Waals surface area contributed by atoms with E-state index in [1.165, 1.54) is 6.42 Å². The van der Waals surface area contributed by atoms with Gasteiger partial charge in [-0.15, -0.1) is 0 Å². The second-order valence-electron chi connectivity index (χ2n) is 5.05. The van der Waals surface area contributed by atoms with E-state index < -0.39 is 0 Å². The molecule has 1 N–H and O–H groups in total. The molecule has 0 aromatic heterocycles. The van der Waals surface area contributed by atoms with Gasteiger partial charge in [0.05, 0.1) is 12.7 Å². The summed E-state index contributed by atoms with van der Waals surface area (Å²) < 4.78 is 5.29.